The van der Waals surface area contributed by atoms with Crippen molar-refractivity contribution in [3.63, 3.8) is 0 Å². The largest absolute Gasteiger partial charge is 0.381 e. The fourth-order valence-electron chi connectivity index (χ4n) is 2.61. The van der Waals surface area contributed by atoms with Crippen molar-refractivity contribution in [2.24, 2.45) is 11.7 Å². The summed E-state index contributed by atoms with van der Waals surface area (Å²) in [6.07, 6.45) is 6.11. The lowest BCUT2D eigenvalue weighted by atomic mass is 9.96. The van der Waals surface area contributed by atoms with E-state index in [1.165, 1.54) is 0 Å². The number of methoxy groups -OCH3 is 1. The third-order valence-corrected chi connectivity index (χ3v) is 4.05. The lowest BCUT2D eigenvalue weighted by Crippen LogP contribution is -2.40. The summed E-state index contributed by atoms with van der Waals surface area (Å²) in [6.45, 7) is 4.61. The fraction of sp³-hybridized carbons (Fsp3) is 0.929. The smallest absolute Gasteiger partial charge is 0.222 e. The van der Waals surface area contributed by atoms with Crippen molar-refractivity contribution < 1.29 is 9.53 Å². The molecule has 0 aromatic carbocycles. The number of hydrogen-bond donors (Lipinski definition) is 1. The summed E-state index contributed by atoms with van der Waals surface area (Å²) in [7, 11) is 1.75. The van der Waals surface area contributed by atoms with Gasteiger partial charge in [-0.25, -0.2) is 0 Å². The highest BCUT2D eigenvalue weighted by Crippen LogP contribution is 2.18. The summed E-state index contributed by atoms with van der Waals surface area (Å²) >= 11 is 0. The van der Waals surface area contributed by atoms with E-state index in [1.807, 2.05) is 4.90 Å². The molecule has 1 unspecified atom stereocenters. The maximum Gasteiger partial charge on any atom is 0.222 e. The van der Waals surface area contributed by atoms with Crippen molar-refractivity contribution in [2.45, 2.75) is 51.6 Å². The Bertz CT molecular complexity index is 238. The second-order valence-electron chi connectivity index (χ2n) is 5.21. The topological polar surface area (TPSA) is 55.6 Å². The number of carbonyl (C=O) groups excluding carboxylic acids is 1. The molecule has 18 heavy (non-hydrogen) atoms. The molecule has 1 heterocycles. The van der Waals surface area contributed by atoms with Gasteiger partial charge in [0, 0.05) is 26.6 Å². The van der Waals surface area contributed by atoms with Crippen LogP contribution in [0.5, 0.6) is 0 Å². The predicted molar refractivity (Wildman–Crippen MR) is 73.3 cm³/mol. The van der Waals surface area contributed by atoms with Crippen LogP contribution < -0.4 is 5.73 Å². The Kier molecular flexibility index (Phi) is 7.28. The SMILES string of the molecule is CCC(CCN)CCC(=O)N1CCC(OC)CC1. The molecule has 0 aliphatic carbocycles. The first-order valence-corrected chi connectivity index (χ1v) is 7.21. The average Bonchev–Trinajstić information content (AvgIpc) is 2.43. The average molecular weight is 256 g/mol. The zero-order valence-corrected chi connectivity index (χ0v) is 11.9. The molecular weight excluding hydrogens is 228 g/mol. The molecule has 0 aromatic rings. The molecule has 0 radical (unpaired) electrons. The van der Waals surface area contributed by atoms with Gasteiger partial charge in [-0.2, -0.15) is 0 Å². The van der Waals surface area contributed by atoms with E-state index >= 15 is 0 Å². The minimum Gasteiger partial charge on any atom is -0.381 e. The summed E-state index contributed by atoms with van der Waals surface area (Å²) < 4.78 is 5.31. The third kappa shape index (κ3) is 4.94. The number of likely N-dealkylation sites (tertiary alicyclic amines) is 1. The highest BCUT2D eigenvalue weighted by molar-refractivity contribution is 5.76. The second-order valence-corrected chi connectivity index (χ2v) is 5.21. The van der Waals surface area contributed by atoms with Crippen LogP contribution in [0, 0.1) is 5.92 Å². The van der Waals surface area contributed by atoms with Gasteiger partial charge in [0.05, 0.1) is 6.10 Å². The number of ether oxygens (including phenoxy) is 1. The van der Waals surface area contributed by atoms with Crippen molar-refractivity contribution in [1.82, 2.24) is 4.90 Å². The second kappa shape index (κ2) is 8.48. The molecule has 0 spiro atoms. The highest BCUT2D eigenvalue weighted by atomic mass is 16.5. The molecular formula is C14H28N2O2. The number of carbonyl (C=O) groups is 1. The number of rotatable bonds is 7. The van der Waals surface area contributed by atoms with E-state index in [-0.39, 0.29) is 0 Å². The highest BCUT2D eigenvalue weighted by Gasteiger charge is 2.22. The molecule has 1 fully saturated rings. The molecule has 4 heteroatoms. The fourth-order valence-corrected chi connectivity index (χ4v) is 2.61. The molecule has 1 amide bonds. The number of nitrogens with zero attached hydrogens (tertiary/aromatic N) is 1. The van der Waals surface area contributed by atoms with Crippen molar-refractivity contribution in [1.29, 1.82) is 0 Å². The van der Waals surface area contributed by atoms with Crippen LogP contribution >= 0.6 is 0 Å². The van der Waals surface area contributed by atoms with Gasteiger partial charge in [0.15, 0.2) is 0 Å². The standard InChI is InChI=1S/C14H28N2O2/c1-3-12(6-9-15)4-5-14(17)16-10-7-13(18-2)8-11-16/h12-13H,3-11,15H2,1-2H3. The van der Waals surface area contributed by atoms with Crippen LogP contribution in [-0.2, 0) is 9.53 Å². The molecule has 0 aromatic heterocycles. The van der Waals surface area contributed by atoms with Crippen LogP contribution in [0.25, 0.3) is 0 Å². The predicted octanol–water partition coefficient (Wildman–Crippen LogP) is 1.78. The van der Waals surface area contributed by atoms with Crippen LogP contribution in [0.3, 0.4) is 0 Å². The first-order valence-electron chi connectivity index (χ1n) is 7.21. The molecule has 1 saturated heterocycles. The number of nitrogens with two attached hydrogens (primary N) is 1. The van der Waals surface area contributed by atoms with Crippen molar-refractivity contribution in [3.8, 4) is 0 Å². The first kappa shape index (κ1) is 15.4. The molecule has 1 aliphatic heterocycles. The molecule has 106 valence electrons. The Labute approximate surface area is 111 Å². The van der Waals surface area contributed by atoms with Gasteiger partial charge < -0.3 is 15.4 Å². The van der Waals surface area contributed by atoms with Crippen molar-refractivity contribution in [3.05, 3.63) is 0 Å². The van der Waals surface area contributed by atoms with Gasteiger partial charge in [-0.1, -0.05) is 13.3 Å². The van der Waals surface area contributed by atoms with Gasteiger partial charge in [0.25, 0.3) is 0 Å². The molecule has 1 atom stereocenters. The van der Waals surface area contributed by atoms with E-state index in [0.717, 1.165) is 51.7 Å². The van der Waals surface area contributed by atoms with Gasteiger partial charge in [-0.3, -0.25) is 4.79 Å². The van der Waals surface area contributed by atoms with Gasteiger partial charge in [0.2, 0.25) is 5.91 Å². The van der Waals surface area contributed by atoms with Crippen LogP contribution in [-0.4, -0.2) is 43.7 Å². The first-order chi connectivity index (χ1) is 8.71. The summed E-state index contributed by atoms with van der Waals surface area (Å²) in [4.78, 5) is 14.1. The van der Waals surface area contributed by atoms with E-state index in [0.29, 0.717) is 24.3 Å². The van der Waals surface area contributed by atoms with E-state index < -0.39 is 0 Å². The van der Waals surface area contributed by atoms with Gasteiger partial charge >= 0.3 is 0 Å². The molecule has 1 aliphatic rings. The van der Waals surface area contributed by atoms with Crippen LogP contribution in [0.15, 0.2) is 0 Å². The monoisotopic (exact) mass is 256 g/mol. The molecule has 1 rings (SSSR count). The lowest BCUT2D eigenvalue weighted by molar-refractivity contribution is -0.133. The molecule has 2 N–H and O–H groups in total. The Hall–Kier alpha value is -0.610. The van der Waals surface area contributed by atoms with Crippen LogP contribution in [0.1, 0.15) is 45.4 Å². The maximum atomic E-state index is 12.1. The minimum atomic E-state index is 0.306. The zero-order valence-electron chi connectivity index (χ0n) is 11.9. The molecule has 4 nitrogen and oxygen atoms in total. The van der Waals surface area contributed by atoms with E-state index in [9.17, 15) is 4.79 Å². The van der Waals surface area contributed by atoms with E-state index in [1.54, 1.807) is 7.11 Å². The quantitative estimate of drug-likeness (QED) is 0.755. The molecule has 0 saturated carbocycles. The summed E-state index contributed by atoms with van der Waals surface area (Å²) in [5.41, 5.74) is 5.58. The van der Waals surface area contributed by atoms with Gasteiger partial charge in [-0.15, -0.1) is 0 Å². The van der Waals surface area contributed by atoms with E-state index in [4.69, 9.17) is 10.5 Å². The Morgan fingerprint density at radius 1 is 1.39 bits per heavy atom. The zero-order chi connectivity index (χ0) is 13.4. The van der Waals surface area contributed by atoms with Crippen LogP contribution in [0.4, 0.5) is 0 Å². The Morgan fingerprint density at radius 2 is 2.06 bits per heavy atom. The number of amides is 1. The van der Waals surface area contributed by atoms with Crippen LogP contribution in [0.2, 0.25) is 0 Å². The Balaban J connectivity index is 2.24. The summed E-state index contributed by atoms with van der Waals surface area (Å²) in [5.74, 6) is 0.912. The minimum absolute atomic E-state index is 0.306. The Morgan fingerprint density at radius 3 is 2.56 bits per heavy atom. The van der Waals surface area contributed by atoms with E-state index in [2.05, 4.69) is 6.92 Å². The van der Waals surface area contributed by atoms with Crippen molar-refractivity contribution in [2.75, 3.05) is 26.7 Å². The number of hydrogen-bond acceptors (Lipinski definition) is 3. The molecule has 0 bridgehead atoms. The lowest BCUT2D eigenvalue weighted by Gasteiger charge is -2.31. The summed E-state index contributed by atoms with van der Waals surface area (Å²) in [5, 5.41) is 0. The van der Waals surface area contributed by atoms with Gasteiger partial charge in [-0.05, 0) is 38.1 Å². The number of piperidine rings is 1. The van der Waals surface area contributed by atoms with Gasteiger partial charge in [0.1, 0.15) is 0 Å². The normalized spacial score (nSPS) is 18.9. The summed E-state index contributed by atoms with van der Waals surface area (Å²) in [6, 6.07) is 0. The van der Waals surface area contributed by atoms with Crippen molar-refractivity contribution >= 4 is 5.91 Å². The third-order valence-electron chi connectivity index (χ3n) is 4.05. The maximum absolute atomic E-state index is 12.1.